The fourth-order valence-corrected chi connectivity index (χ4v) is 4.72. The summed E-state index contributed by atoms with van der Waals surface area (Å²) >= 11 is 0. The number of fused-ring (bicyclic) bond motifs is 1. The molecule has 1 saturated carbocycles. The molecule has 2 aromatic rings. The minimum atomic E-state index is -4.39. The van der Waals surface area contributed by atoms with Gasteiger partial charge in [-0.3, -0.25) is 4.79 Å². The molecule has 1 aliphatic heterocycles. The highest BCUT2D eigenvalue weighted by molar-refractivity contribution is 5.81. The number of alkyl halides is 3. The number of carbonyl (C=O) groups is 1. The molecule has 0 unspecified atom stereocenters. The molecule has 29 heavy (non-hydrogen) atoms. The fraction of sp³-hybridized carbons (Fsp3) is 0.619. The van der Waals surface area contributed by atoms with Gasteiger partial charge in [0.2, 0.25) is 5.91 Å². The molecule has 158 valence electrons. The molecule has 0 radical (unpaired) electrons. The second kappa shape index (κ2) is 7.00. The third kappa shape index (κ3) is 3.99. The lowest BCUT2D eigenvalue weighted by Crippen LogP contribution is -2.51. The van der Waals surface area contributed by atoms with E-state index in [1.54, 1.807) is 20.0 Å². The third-order valence-electron chi connectivity index (χ3n) is 6.33. The van der Waals surface area contributed by atoms with E-state index in [1.807, 2.05) is 4.90 Å². The number of hydrogen-bond acceptors (Lipinski definition) is 3. The van der Waals surface area contributed by atoms with E-state index in [1.165, 1.54) is 10.6 Å². The highest BCUT2D eigenvalue weighted by atomic mass is 19.4. The summed E-state index contributed by atoms with van der Waals surface area (Å²) in [5.74, 6) is 0.430. The molecule has 8 heteroatoms. The summed E-state index contributed by atoms with van der Waals surface area (Å²) in [6, 6.07) is 3.20. The van der Waals surface area contributed by atoms with Gasteiger partial charge in [-0.1, -0.05) is 0 Å². The second-order valence-corrected chi connectivity index (χ2v) is 8.90. The van der Waals surface area contributed by atoms with Crippen LogP contribution in [0.1, 0.15) is 43.9 Å². The standard InChI is InChI=1S/C21H26F3N3O2/c1-20(29)10-14(11-20)19(28)27-7-5-13(6-8-27)9-15-3-4-16-17(21(22,23)24)12-26(2)18(16)25-15/h3-4,12-14,29H,5-11H2,1-2H3. The zero-order chi connectivity index (χ0) is 21.0. The summed E-state index contributed by atoms with van der Waals surface area (Å²) in [5, 5.41) is 9.96. The van der Waals surface area contributed by atoms with Crippen molar-refractivity contribution in [2.45, 2.75) is 50.8 Å². The Morgan fingerprint density at radius 1 is 1.28 bits per heavy atom. The van der Waals surface area contributed by atoms with E-state index in [2.05, 4.69) is 4.98 Å². The Morgan fingerprint density at radius 2 is 1.93 bits per heavy atom. The lowest BCUT2D eigenvalue weighted by molar-refractivity contribution is -0.151. The molecule has 0 spiro atoms. The van der Waals surface area contributed by atoms with E-state index in [-0.39, 0.29) is 17.2 Å². The van der Waals surface area contributed by atoms with Gasteiger partial charge in [-0.05, 0) is 57.1 Å². The number of likely N-dealkylation sites (tertiary alicyclic amines) is 1. The van der Waals surface area contributed by atoms with Crippen LogP contribution in [0, 0.1) is 11.8 Å². The van der Waals surface area contributed by atoms with Crippen molar-refractivity contribution in [3.63, 3.8) is 0 Å². The van der Waals surface area contributed by atoms with Crippen molar-refractivity contribution in [1.29, 1.82) is 0 Å². The quantitative estimate of drug-likeness (QED) is 0.844. The Morgan fingerprint density at radius 3 is 2.52 bits per heavy atom. The number of aromatic nitrogens is 2. The fourth-order valence-electron chi connectivity index (χ4n) is 4.72. The van der Waals surface area contributed by atoms with Crippen molar-refractivity contribution in [2.75, 3.05) is 13.1 Å². The molecule has 2 fully saturated rings. The van der Waals surface area contributed by atoms with E-state index < -0.39 is 17.3 Å². The number of halogens is 3. The van der Waals surface area contributed by atoms with Crippen LogP contribution in [0.3, 0.4) is 0 Å². The first-order valence-corrected chi connectivity index (χ1v) is 10.1. The minimum absolute atomic E-state index is 0.0641. The Bertz CT molecular complexity index is 919. The summed E-state index contributed by atoms with van der Waals surface area (Å²) < 4.78 is 40.9. The molecular weight excluding hydrogens is 383 g/mol. The van der Waals surface area contributed by atoms with Crippen LogP contribution in [0.2, 0.25) is 0 Å². The van der Waals surface area contributed by atoms with Crippen molar-refractivity contribution in [2.24, 2.45) is 18.9 Å². The number of pyridine rings is 1. The molecule has 2 aliphatic rings. The lowest BCUT2D eigenvalue weighted by atomic mass is 9.71. The summed E-state index contributed by atoms with van der Waals surface area (Å²) in [4.78, 5) is 18.9. The van der Waals surface area contributed by atoms with Crippen molar-refractivity contribution in [3.05, 3.63) is 29.6 Å². The van der Waals surface area contributed by atoms with Gasteiger partial charge in [0.25, 0.3) is 0 Å². The van der Waals surface area contributed by atoms with Crippen LogP contribution < -0.4 is 0 Å². The molecule has 4 rings (SSSR count). The molecule has 0 atom stereocenters. The van der Waals surface area contributed by atoms with Crippen LogP contribution in [0.15, 0.2) is 18.3 Å². The zero-order valence-corrected chi connectivity index (χ0v) is 16.7. The number of rotatable bonds is 3. The predicted octanol–water partition coefficient (Wildman–Crippen LogP) is 3.53. The molecule has 1 saturated heterocycles. The van der Waals surface area contributed by atoms with Gasteiger partial charge in [0.1, 0.15) is 5.65 Å². The normalized spacial score (nSPS) is 26.0. The van der Waals surface area contributed by atoms with Gasteiger partial charge < -0.3 is 14.6 Å². The average molecular weight is 409 g/mol. The molecule has 1 N–H and O–H groups in total. The molecule has 0 aromatic carbocycles. The van der Waals surface area contributed by atoms with E-state index in [4.69, 9.17) is 0 Å². The van der Waals surface area contributed by atoms with Gasteiger partial charge >= 0.3 is 6.18 Å². The van der Waals surface area contributed by atoms with Crippen molar-refractivity contribution >= 4 is 16.9 Å². The van der Waals surface area contributed by atoms with Crippen LogP contribution in [0.25, 0.3) is 11.0 Å². The number of carbonyl (C=O) groups excluding carboxylic acids is 1. The van der Waals surface area contributed by atoms with E-state index >= 15 is 0 Å². The Labute approximate surface area is 167 Å². The maximum absolute atomic E-state index is 13.1. The number of aryl methyl sites for hydroxylation is 1. The van der Waals surface area contributed by atoms with E-state index in [0.717, 1.165) is 24.7 Å². The third-order valence-corrected chi connectivity index (χ3v) is 6.33. The molecule has 0 bridgehead atoms. The summed E-state index contributed by atoms with van der Waals surface area (Å²) in [5.41, 5.74) is -0.228. The van der Waals surface area contributed by atoms with Gasteiger partial charge in [-0.2, -0.15) is 13.2 Å². The number of hydrogen-bond donors (Lipinski definition) is 1. The maximum atomic E-state index is 13.1. The Balaban J connectivity index is 1.38. The van der Waals surface area contributed by atoms with Crippen molar-refractivity contribution in [3.8, 4) is 0 Å². The number of amides is 1. The molecule has 5 nitrogen and oxygen atoms in total. The van der Waals surface area contributed by atoms with Crippen LogP contribution in [-0.2, 0) is 24.4 Å². The molecule has 1 amide bonds. The van der Waals surface area contributed by atoms with Gasteiger partial charge in [-0.25, -0.2) is 4.98 Å². The van der Waals surface area contributed by atoms with Crippen LogP contribution in [0.5, 0.6) is 0 Å². The Hall–Kier alpha value is -2.09. The molecule has 2 aromatic heterocycles. The van der Waals surface area contributed by atoms with E-state index in [0.29, 0.717) is 43.9 Å². The summed E-state index contributed by atoms with van der Waals surface area (Å²) in [6.07, 6.45) is 0.172. The maximum Gasteiger partial charge on any atom is 0.418 e. The van der Waals surface area contributed by atoms with Gasteiger partial charge in [0, 0.05) is 43.3 Å². The largest absolute Gasteiger partial charge is 0.418 e. The van der Waals surface area contributed by atoms with Gasteiger partial charge in [0.15, 0.2) is 0 Å². The molecule has 1 aliphatic carbocycles. The first kappa shape index (κ1) is 20.2. The number of aliphatic hydroxyl groups is 1. The highest BCUT2D eigenvalue weighted by Gasteiger charge is 2.44. The number of nitrogens with zero attached hydrogens (tertiary/aromatic N) is 3. The van der Waals surface area contributed by atoms with E-state index in [9.17, 15) is 23.1 Å². The second-order valence-electron chi connectivity index (χ2n) is 8.90. The van der Waals surface area contributed by atoms with Gasteiger partial charge in [-0.15, -0.1) is 0 Å². The van der Waals surface area contributed by atoms with Gasteiger partial charge in [0.05, 0.1) is 11.2 Å². The topological polar surface area (TPSA) is 58.4 Å². The number of piperidine rings is 1. The van der Waals surface area contributed by atoms with Crippen molar-refractivity contribution in [1.82, 2.24) is 14.5 Å². The van der Waals surface area contributed by atoms with Crippen LogP contribution in [0.4, 0.5) is 13.2 Å². The van der Waals surface area contributed by atoms with Crippen molar-refractivity contribution < 1.29 is 23.1 Å². The first-order valence-electron chi connectivity index (χ1n) is 10.1. The zero-order valence-electron chi connectivity index (χ0n) is 16.7. The SMILES string of the molecule is Cn1cc(C(F)(F)F)c2ccc(CC3CCN(C(=O)C4CC(C)(O)C4)CC3)nc21. The summed E-state index contributed by atoms with van der Waals surface area (Å²) in [7, 11) is 1.58. The molecule has 3 heterocycles. The molecular formula is C21H26F3N3O2. The van der Waals surface area contributed by atoms with Crippen LogP contribution in [-0.4, -0.2) is 44.2 Å². The Kier molecular flexibility index (Phi) is 4.88. The monoisotopic (exact) mass is 409 g/mol. The minimum Gasteiger partial charge on any atom is -0.390 e. The average Bonchev–Trinajstić information content (AvgIpc) is 2.96. The summed E-state index contributed by atoms with van der Waals surface area (Å²) in [6.45, 7) is 3.14. The lowest BCUT2D eigenvalue weighted by Gasteiger charge is -2.43. The predicted molar refractivity (Wildman–Crippen MR) is 102 cm³/mol. The smallest absolute Gasteiger partial charge is 0.390 e. The first-order chi connectivity index (χ1) is 13.5. The highest BCUT2D eigenvalue weighted by Crippen LogP contribution is 2.39. The van der Waals surface area contributed by atoms with Crippen LogP contribution >= 0.6 is 0 Å².